The number of aliphatic carboxylic acids is 1. The number of benzene rings is 1. The minimum Gasteiger partial charge on any atom is -0.489 e. The molecular weight excluding hydrogens is 436 g/mol. The fourth-order valence-electron chi connectivity index (χ4n) is 4.38. The van der Waals surface area contributed by atoms with Gasteiger partial charge in [-0.2, -0.15) is 0 Å². The van der Waals surface area contributed by atoms with Gasteiger partial charge in [0.1, 0.15) is 11.9 Å². The van der Waals surface area contributed by atoms with Gasteiger partial charge in [0, 0.05) is 29.5 Å². The van der Waals surface area contributed by atoms with E-state index in [1.807, 2.05) is 12.1 Å². The van der Waals surface area contributed by atoms with Crippen molar-refractivity contribution in [2.75, 3.05) is 7.11 Å². The molecule has 0 amide bonds. The molecular formula is C23H33BrO5. The fourth-order valence-corrected chi connectivity index (χ4v) is 4.95. The van der Waals surface area contributed by atoms with Crippen molar-refractivity contribution in [1.82, 2.24) is 0 Å². The van der Waals surface area contributed by atoms with Crippen molar-refractivity contribution in [3.8, 4) is 5.75 Å². The Bertz CT molecular complexity index is 703. The third kappa shape index (κ3) is 6.06. The topological polar surface area (TPSA) is 87.0 Å². The summed E-state index contributed by atoms with van der Waals surface area (Å²) in [5, 5.41) is 26.4. The number of fused-ring (bicyclic) bond motifs is 3. The van der Waals surface area contributed by atoms with Gasteiger partial charge in [-0.25, -0.2) is 0 Å². The first-order valence-electron chi connectivity index (χ1n) is 10.5. The highest BCUT2D eigenvalue weighted by Crippen LogP contribution is 2.52. The van der Waals surface area contributed by atoms with E-state index < -0.39 is 12.1 Å². The number of aliphatic hydroxyl groups is 2. The number of carbonyl (C=O) groups is 1. The summed E-state index contributed by atoms with van der Waals surface area (Å²) >= 11 is 3.60. The minimum absolute atomic E-state index is 0.119. The molecule has 2 unspecified atom stereocenters. The maximum atomic E-state index is 10.9. The molecule has 1 heterocycles. The monoisotopic (exact) mass is 468 g/mol. The number of hydrogen-bond donors (Lipinski definition) is 3. The van der Waals surface area contributed by atoms with Crippen molar-refractivity contribution < 1.29 is 24.9 Å². The Labute approximate surface area is 181 Å². The number of carboxylic acid groups (broad SMARTS) is 1. The van der Waals surface area contributed by atoms with Crippen LogP contribution in [0.25, 0.3) is 0 Å². The van der Waals surface area contributed by atoms with E-state index in [1.54, 1.807) is 0 Å². The number of para-hydroxylation sites is 1. The van der Waals surface area contributed by atoms with E-state index in [0.29, 0.717) is 18.3 Å². The van der Waals surface area contributed by atoms with Gasteiger partial charge in [0.25, 0.3) is 0 Å². The van der Waals surface area contributed by atoms with Crippen molar-refractivity contribution >= 4 is 21.9 Å². The summed E-state index contributed by atoms with van der Waals surface area (Å²) in [7, 11) is 1.00. The van der Waals surface area contributed by atoms with E-state index in [2.05, 4.69) is 35.0 Å². The van der Waals surface area contributed by atoms with Crippen LogP contribution in [0.3, 0.4) is 0 Å². The summed E-state index contributed by atoms with van der Waals surface area (Å²) in [6.45, 7) is 2.16. The Morgan fingerprint density at radius 3 is 2.76 bits per heavy atom. The van der Waals surface area contributed by atoms with Gasteiger partial charge < -0.3 is 20.1 Å². The van der Waals surface area contributed by atoms with E-state index >= 15 is 0 Å². The first kappa shape index (κ1) is 23.9. The Hall–Kier alpha value is -1.37. The maximum absolute atomic E-state index is 10.9. The van der Waals surface area contributed by atoms with Crippen molar-refractivity contribution in [2.45, 2.75) is 76.4 Å². The van der Waals surface area contributed by atoms with Crippen LogP contribution in [0, 0.1) is 5.92 Å². The zero-order valence-electron chi connectivity index (χ0n) is 17.3. The third-order valence-electron chi connectivity index (χ3n) is 5.78. The van der Waals surface area contributed by atoms with Gasteiger partial charge in [0.2, 0.25) is 0 Å². The predicted molar refractivity (Wildman–Crippen MR) is 118 cm³/mol. The van der Waals surface area contributed by atoms with E-state index in [9.17, 15) is 9.90 Å². The highest BCUT2D eigenvalue weighted by atomic mass is 79.9. The van der Waals surface area contributed by atoms with Crippen LogP contribution in [0.4, 0.5) is 0 Å². The lowest BCUT2D eigenvalue weighted by atomic mass is 9.87. The van der Waals surface area contributed by atoms with Gasteiger partial charge in [-0.1, -0.05) is 66.4 Å². The number of allylic oxidation sites excluding steroid dienone is 1. The Balaban J connectivity index is 0.00000145. The molecule has 0 radical (unpaired) electrons. The fraction of sp³-hybridized carbons (Fsp3) is 0.609. The molecule has 3 rings (SSSR count). The van der Waals surface area contributed by atoms with Crippen molar-refractivity contribution in [3.05, 3.63) is 39.9 Å². The first-order valence-corrected chi connectivity index (χ1v) is 11.3. The molecule has 1 fully saturated rings. The Morgan fingerprint density at radius 2 is 2.07 bits per heavy atom. The van der Waals surface area contributed by atoms with Crippen LogP contribution in [0.2, 0.25) is 0 Å². The average Bonchev–Trinajstić information content (AvgIpc) is 3.28. The number of aryl methyl sites for hydroxylation is 1. The average molecular weight is 469 g/mol. The quantitative estimate of drug-likeness (QED) is 0.453. The molecule has 0 bridgehead atoms. The van der Waals surface area contributed by atoms with Crippen molar-refractivity contribution in [3.63, 3.8) is 0 Å². The van der Waals surface area contributed by atoms with Gasteiger partial charge in [-0.05, 0) is 37.2 Å². The summed E-state index contributed by atoms with van der Waals surface area (Å²) in [4.78, 5) is 10.9. The smallest absolute Gasteiger partial charge is 0.303 e. The second-order valence-corrected chi connectivity index (χ2v) is 8.63. The van der Waals surface area contributed by atoms with Crippen LogP contribution in [0.1, 0.15) is 68.9 Å². The SMILES string of the molecule is CCCCCC(O)/C(Br)=C/C1CC[C@@H]2Oc3c(CCC(=O)O)cccc3[C@H]12.CO. The predicted octanol–water partition coefficient (Wildman–Crippen LogP) is 4.79. The van der Waals surface area contributed by atoms with E-state index in [4.69, 9.17) is 14.9 Å². The number of aliphatic hydroxyl groups excluding tert-OH is 2. The number of halogens is 1. The normalized spacial score (nSPS) is 23.5. The van der Waals surface area contributed by atoms with Crippen LogP contribution >= 0.6 is 15.9 Å². The number of carboxylic acids is 1. The molecule has 0 saturated heterocycles. The molecule has 29 heavy (non-hydrogen) atoms. The van der Waals surface area contributed by atoms with Gasteiger partial charge in [-0.15, -0.1) is 0 Å². The van der Waals surface area contributed by atoms with E-state index in [1.165, 1.54) is 5.56 Å². The standard InChI is InChI=1S/C22H29BrO4.CH4O/c1-2-3-4-8-18(24)17(23)13-15-9-11-19-21(15)16-7-5-6-14(22(16)27-19)10-12-20(25)26;1-2/h5-7,13,15,18-19,21,24H,2-4,8-12H2,1H3,(H,25,26);2H,1H3/b17-13-;/t15?,18?,19-,21-;/m0./s1. The summed E-state index contributed by atoms with van der Waals surface area (Å²) in [5.74, 6) is 0.736. The Morgan fingerprint density at radius 1 is 1.31 bits per heavy atom. The van der Waals surface area contributed by atoms with Gasteiger partial charge in [0.15, 0.2) is 0 Å². The summed E-state index contributed by atoms with van der Waals surface area (Å²) in [6, 6.07) is 6.10. The van der Waals surface area contributed by atoms with Crippen LogP contribution < -0.4 is 4.74 Å². The molecule has 0 aromatic heterocycles. The molecule has 6 heteroatoms. The lowest BCUT2D eigenvalue weighted by Gasteiger charge is -2.17. The molecule has 5 nitrogen and oxygen atoms in total. The third-order valence-corrected chi connectivity index (χ3v) is 6.58. The molecule has 1 saturated carbocycles. The molecule has 1 aliphatic heterocycles. The zero-order chi connectivity index (χ0) is 21.4. The lowest BCUT2D eigenvalue weighted by Crippen LogP contribution is -2.15. The molecule has 3 N–H and O–H groups in total. The van der Waals surface area contributed by atoms with Crippen LogP contribution in [-0.4, -0.2) is 40.6 Å². The van der Waals surface area contributed by atoms with Crippen molar-refractivity contribution in [1.29, 1.82) is 0 Å². The molecule has 4 atom stereocenters. The highest BCUT2D eigenvalue weighted by Gasteiger charge is 2.44. The minimum atomic E-state index is -0.785. The lowest BCUT2D eigenvalue weighted by molar-refractivity contribution is -0.136. The van der Waals surface area contributed by atoms with E-state index in [0.717, 1.165) is 61.4 Å². The number of unbranched alkanes of at least 4 members (excludes halogenated alkanes) is 2. The molecule has 1 aromatic rings. The summed E-state index contributed by atoms with van der Waals surface area (Å²) in [6.07, 6.45) is 8.69. The maximum Gasteiger partial charge on any atom is 0.303 e. The molecule has 1 aromatic carbocycles. The van der Waals surface area contributed by atoms with Gasteiger partial charge >= 0.3 is 5.97 Å². The second kappa shape index (κ2) is 11.7. The summed E-state index contributed by atoms with van der Waals surface area (Å²) < 4.78 is 7.13. The van der Waals surface area contributed by atoms with Crippen LogP contribution in [0.15, 0.2) is 28.8 Å². The Kier molecular flexibility index (Phi) is 9.66. The second-order valence-electron chi connectivity index (χ2n) is 7.72. The van der Waals surface area contributed by atoms with Gasteiger partial charge in [-0.3, -0.25) is 4.79 Å². The molecule has 2 aliphatic rings. The highest BCUT2D eigenvalue weighted by molar-refractivity contribution is 9.11. The largest absolute Gasteiger partial charge is 0.489 e. The zero-order valence-corrected chi connectivity index (χ0v) is 18.9. The first-order chi connectivity index (χ1) is 14.0. The number of rotatable bonds is 9. The molecule has 1 aliphatic carbocycles. The molecule has 0 spiro atoms. The summed E-state index contributed by atoms with van der Waals surface area (Å²) in [5.41, 5.74) is 2.19. The van der Waals surface area contributed by atoms with Gasteiger partial charge in [0.05, 0.1) is 6.10 Å². The molecule has 162 valence electrons. The number of hydrogen-bond acceptors (Lipinski definition) is 4. The number of ether oxygens (including phenoxy) is 1. The van der Waals surface area contributed by atoms with Crippen LogP contribution in [0.5, 0.6) is 5.75 Å². The van der Waals surface area contributed by atoms with Crippen molar-refractivity contribution in [2.24, 2.45) is 5.92 Å². The van der Waals surface area contributed by atoms with Crippen LogP contribution in [-0.2, 0) is 11.2 Å². The van der Waals surface area contributed by atoms with E-state index in [-0.39, 0.29) is 12.5 Å².